The maximum atomic E-state index is 14.4. The van der Waals surface area contributed by atoms with Crippen LogP contribution in [0.1, 0.15) is 42.7 Å². The van der Waals surface area contributed by atoms with Gasteiger partial charge in [0.1, 0.15) is 17.4 Å². The number of carbonyl (C=O) groups excluding carboxylic acids is 2. The molecule has 2 aliphatic rings. The number of methoxy groups -OCH3 is 1. The number of aliphatic imine (C=N–C) groups is 1. The molecule has 0 spiro atoms. The second-order valence-electron chi connectivity index (χ2n) is 9.36. The third-order valence-electron chi connectivity index (χ3n) is 7.11. The van der Waals surface area contributed by atoms with E-state index in [0.29, 0.717) is 47.2 Å². The molecule has 1 aliphatic heterocycles. The summed E-state index contributed by atoms with van der Waals surface area (Å²) in [7, 11) is 1.54. The Kier molecular flexibility index (Phi) is 6.70. The van der Waals surface area contributed by atoms with Crippen LogP contribution in [0.15, 0.2) is 89.1 Å². The first-order valence-corrected chi connectivity index (χ1v) is 12.1. The third kappa shape index (κ3) is 4.69. The van der Waals surface area contributed by atoms with Gasteiger partial charge in [-0.05, 0) is 43.0 Å². The third-order valence-corrected chi connectivity index (χ3v) is 7.11. The number of halogens is 2. The summed E-state index contributed by atoms with van der Waals surface area (Å²) in [5.74, 6) is -3.27. The Balaban J connectivity index is 1.59. The molecule has 0 saturated heterocycles. The molecule has 0 bridgehead atoms. The second-order valence-corrected chi connectivity index (χ2v) is 9.36. The van der Waals surface area contributed by atoms with Gasteiger partial charge in [-0.2, -0.15) is 0 Å². The first-order chi connectivity index (χ1) is 17.9. The predicted molar refractivity (Wildman–Crippen MR) is 138 cm³/mol. The van der Waals surface area contributed by atoms with Gasteiger partial charge in [0.15, 0.2) is 5.78 Å². The number of anilines is 1. The van der Waals surface area contributed by atoms with Crippen LogP contribution < -0.4 is 10.1 Å². The highest BCUT2D eigenvalue weighted by Crippen LogP contribution is 2.48. The zero-order valence-corrected chi connectivity index (χ0v) is 20.5. The molecule has 1 aliphatic carbocycles. The van der Waals surface area contributed by atoms with Crippen LogP contribution in [0, 0.1) is 17.6 Å². The number of nitrogens with one attached hydrogen (secondary N) is 1. The zero-order chi connectivity index (χ0) is 26.1. The van der Waals surface area contributed by atoms with Gasteiger partial charge in [-0.15, -0.1) is 0 Å². The standard InChI is InChI=1S/C30H26F2N2O3/c1-17-27(30(36)34-23-13-12-20(31)16-22(23)32)28(21-10-6-7-11-26(21)37-2)29-24(33-17)14-19(15-25(29)35)18-8-4-3-5-9-18/h3-13,16,19,27-28H,14-15H2,1-2H3,(H,34,36)/t19-,27?,28+/m0/s1. The smallest absolute Gasteiger partial charge is 0.234 e. The summed E-state index contributed by atoms with van der Waals surface area (Å²) >= 11 is 0. The summed E-state index contributed by atoms with van der Waals surface area (Å²) in [4.78, 5) is 32.1. The van der Waals surface area contributed by atoms with Gasteiger partial charge in [-0.25, -0.2) is 8.78 Å². The van der Waals surface area contributed by atoms with Gasteiger partial charge in [0.2, 0.25) is 5.91 Å². The monoisotopic (exact) mass is 500 g/mol. The van der Waals surface area contributed by atoms with Crippen molar-refractivity contribution in [3.63, 3.8) is 0 Å². The van der Waals surface area contributed by atoms with E-state index in [1.54, 1.807) is 13.0 Å². The van der Waals surface area contributed by atoms with E-state index in [1.165, 1.54) is 13.2 Å². The lowest BCUT2D eigenvalue weighted by Crippen LogP contribution is -2.40. The van der Waals surface area contributed by atoms with Crippen molar-refractivity contribution in [1.82, 2.24) is 0 Å². The van der Waals surface area contributed by atoms with Crippen LogP contribution in [0.2, 0.25) is 0 Å². The number of allylic oxidation sites excluding steroid dienone is 2. The number of carbonyl (C=O) groups is 2. The van der Waals surface area contributed by atoms with E-state index in [9.17, 15) is 18.4 Å². The molecule has 7 heteroatoms. The molecule has 0 radical (unpaired) electrons. The Morgan fingerprint density at radius 1 is 1.00 bits per heavy atom. The van der Waals surface area contributed by atoms with Crippen LogP contribution in [-0.2, 0) is 9.59 Å². The van der Waals surface area contributed by atoms with E-state index in [4.69, 9.17) is 9.73 Å². The average Bonchev–Trinajstić information content (AvgIpc) is 2.89. The van der Waals surface area contributed by atoms with Crippen LogP contribution in [-0.4, -0.2) is 24.5 Å². The number of para-hydroxylation sites is 1. The largest absolute Gasteiger partial charge is 0.496 e. The Morgan fingerprint density at radius 2 is 1.73 bits per heavy atom. The molecule has 1 heterocycles. The molecule has 5 nitrogen and oxygen atoms in total. The minimum atomic E-state index is -0.892. The van der Waals surface area contributed by atoms with Crippen molar-refractivity contribution in [2.75, 3.05) is 12.4 Å². The SMILES string of the molecule is COc1ccccc1[C@H]1C2=C(C[C@H](c3ccccc3)CC2=O)N=C(C)C1C(=O)Nc1ccc(F)cc1F. The average molecular weight is 501 g/mol. The molecule has 1 N–H and O–H groups in total. The van der Waals surface area contributed by atoms with Crippen LogP contribution in [0.25, 0.3) is 0 Å². The van der Waals surface area contributed by atoms with Gasteiger partial charge in [-0.3, -0.25) is 14.6 Å². The Hall–Kier alpha value is -4.13. The molecule has 1 amide bonds. The fraction of sp³-hybridized carbons (Fsp3) is 0.233. The molecule has 0 fully saturated rings. The number of benzene rings is 3. The van der Waals surface area contributed by atoms with Gasteiger partial charge in [0, 0.05) is 41.0 Å². The van der Waals surface area contributed by atoms with Crippen LogP contribution in [0.5, 0.6) is 5.75 Å². The molecule has 37 heavy (non-hydrogen) atoms. The second kappa shape index (κ2) is 10.1. The van der Waals surface area contributed by atoms with Gasteiger partial charge >= 0.3 is 0 Å². The van der Waals surface area contributed by atoms with Gasteiger partial charge in [0.05, 0.1) is 18.7 Å². The number of ketones is 1. The molecular weight excluding hydrogens is 474 g/mol. The van der Waals surface area contributed by atoms with E-state index < -0.39 is 29.4 Å². The minimum Gasteiger partial charge on any atom is -0.496 e. The number of nitrogens with zero attached hydrogens (tertiary/aromatic N) is 1. The highest BCUT2D eigenvalue weighted by molar-refractivity contribution is 6.13. The van der Waals surface area contributed by atoms with E-state index in [2.05, 4.69) is 5.32 Å². The van der Waals surface area contributed by atoms with Crippen LogP contribution >= 0.6 is 0 Å². The molecule has 3 aromatic rings. The number of hydrogen-bond donors (Lipinski definition) is 1. The summed E-state index contributed by atoms with van der Waals surface area (Å²) in [5.41, 5.74) is 3.26. The number of Topliss-reactive ketones (excluding diaryl/α,β-unsaturated/α-hetero) is 1. The fourth-order valence-electron chi connectivity index (χ4n) is 5.42. The molecule has 0 aromatic heterocycles. The normalized spacial score (nSPS) is 21.2. The van der Waals surface area contributed by atoms with Gasteiger partial charge in [0.25, 0.3) is 0 Å². The topological polar surface area (TPSA) is 67.8 Å². The minimum absolute atomic E-state index is 0.0130. The summed E-state index contributed by atoms with van der Waals surface area (Å²) in [5, 5.41) is 2.58. The maximum absolute atomic E-state index is 14.4. The fourth-order valence-corrected chi connectivity index (χ4v) is 5.42. The highest BCUT2D eigenvalue weighted by Gasteiger charge is 2.45. The van der Waals surface area contributed by atoms with Crippen molar-refractivity contribution in [3.8, 4) is 5.75 Å². The van der Waals surface area contributed by atoms with Crippen molar-refractivity contribution in [2.45, 2.75) is 31.6 Å². The predicted octanol–water partition coefficient (Wildman–Crippen LogP) is 6.19. The van der Waals surface area contributed by atoms with Crippen molar-refractivity contribution in [3.05, 3.63) is 107 Å². The summed E-state index contributed by atoms with van der Waals surface area (Å²) in [6, 6.07) is 20.1. The first-order valence-electron chi connectivity index (χ1n) is 12.1. The molecule has 3 atom stereocenters. The Bertz CT molecular complexity index is 1430. The molecule has 1 unspecified atom stereocenters. The number of hydrogen-bond acceptors (Lipinski definition) is 4. The summed E-state index contributed by atoms with van der Waals surface area (Å²) in [6.07, 6.45) is 0.860. The number of rotatable bonds is 5. The van der Waals surface area contributed by atoms with E-state index in [1.807, 2.05) is 48.5 Å². The van der Waals surface area contributed by atoms with E-state index >= 15 is 0 Å². The summed E-state index contributed by atoms with van der Waals surface area (Å²) in [6.45, 7) is 1.74. The van der Waals surface area contributed by atoms with Crippen LogP contribution in [0.3, 0.4) is 0 Å². The van der Waals surface area contributed by atoms with Gasteiger partial charge < -0.3 is 10.1 Å². The van der Waals surface area contributed by atoms with Crippen molar-refractivity contribution < 1.29 is 23.1 Å². The molecule has 188 valence electrons. The molecule has 3 aromatic carbocycles. The lowest BCUT2D eigenvalue weighted by atomic mass is 9.69. The maximum Gasteiger partial charge on any atom is 0.234 e. The Morgan fingerprint density at radius 3 is 2.46 bits per heavy atom. The first kappa shape index (κ1) is 24.6. The van der Waals surface area contributed by atoms with Crippen LogP contribution in [0.4, 0.5) is 14.5 Å². The molecular formula is C30H26F2N2O3. The van der Waals surface area contributed by atoms with Gasteiger partial charge in [-0.1, -0.05) is 48.5 Å². The Labute approximate surface area is 213 Å². The quantitative estimate of drug-likeness (QED) is 0.454. The van der Waals surface area contributed by atoms with E-state index in [-0.39, 0.29) is 17.4 Å². The zero-order valence-electron chi connectivity index (χ0n) is 20.5. The van der Waals surface area contributed by atoms with Crippen molar-refractivity contribution in [2.24, 2.45) is 10.9 Å². The van der Waals surface area contributed by atoms with Crippen molar-refractivity contribution in [1.29, 1.82) is 0 Å². The number of amides is 1. The molecule has 0 saturated carbocycles. The summed E-state index contributed by atoms with van der Waals surface area (Å²) < 4.78 is 33.4. The lowest BCUT2D eigenvalue weighted by molar-refractivity contribution is -0.119. The van der Waals surface area contributed by atoms with Crippen molar-refractivity contribution >= 4 is 23.1 Å². The lowest BCUT2D eigenvalue weighted by Gasteiger charge is -2.37. The highest BCUT2D eigenvalue weighted by atomic mass is 19.1. The molecule has 5 rings (SSSR count). The van der Waals surface area contributed by atoms with E-state index in [0.717, 1.165) is 11.6 Å². The number of ether oxygens (including phenoxy) is 1.